The van der Waals surface area contributed by atoms with Gasteiger partial charge in [0.15, 0.2) is 5.82 Å². The van der Waals surface area contributed by atoms with Crippen LogP contribution in [0.2, 0.25) is 0 Å². The van der Waals surface area contributed by atoms with Crippen molar-refractivity contribution < 1.29 is 13.6 Å². The van der Waals surface area contributed by atoms with Crippen molar-refractivity contribution in [3.8, 4) is 11.4 Å². The fourth-order valence-corrected chi connectivity index (χ4v) is 3.86. The maximum absolute atomic E-state index is 13.2. The molecule has 0 spiro atoms. The Hall–Kier alpha value is -3.72. The number of amides is 1. The summed E-state index contributed by atoms with van der Waals surface area (Å²) in [6.45, 7) is 0. The highest BCUT2D eigenvalue weighted by atomic mass is 32.2. The summed E-state index contributed by atoms with van der Waals surface area (Å²) in [4.78, 5) is 13.1. The maximum atomic E-state index is 13.2. The Morgan fingerprint density at radius 2 is 1.52 bits per heavy atom. The Morgan fingerprint density at radius 3 is 2.16 bits per heavy atom. The summed E-state index contributed by atoms with van der Waals surface area (Å²) in [5, 5.41) is 10.6. The van der Waals surface area contributed by atoms with Crippen molar-refractivity contribution in [3.63, 3.8) is 0 Å². The molecule has 3 N–H and O–H groups in total. The minimum absolute atomic E-state index is 0.308. The van der Waals surface area contributed by atoms with Gasteiger partial charge in [0.2, 0.25) is 11.1 Å². The summed E-state index contributed by atoms with van der Waals surface area (Å²) in [6.07, 6.45) is 0. The van der Waals surface area contributed by atoms with Gasteiger partial charge >= 0.3 is 0 Å². The molecule has 0 aliphatic rings. The molecule has 0 aliphatic carbocycles. The summed E-state index contributed by atoms with van der Waals surface area (Å²) in [6, 6.07) is 20.4. The first-order valence-corrected chi connectivity index (χ1v) is 10.1. The predicted molar refractivity (Wildman–Crippen MR) is 116 cm³/mol. The lowest BCUT2D eigenvalue weighted by Gasteiger charge is -2.16. The number of benzene rings is 3. The second-order valence-electron chi connectivity index (χ2n) is 6.59. The van der Waals surface area contributed by atoms with Crippen molar-refractivity contribution in [3.05, 3.63) is 96.1 Å². The molecule has 0 bridgehead atoms. The highest BCUT2D eigenvalue weighted by Gasteiger charge is 2.25. The summed E-state index contributed by atoms with van der Waals surface area (Å²) < 4.78 is 27.7. The van der Waals surface area contributed by atoms with Gasteiger partial charge in [0, 0.05) is 11.3 Å². The molecule has 6 nitrogen and oxygen atoms in total. The van der Waals surface area contributed by atoms with Crippen LogP contribution in [0.5, 0.6) is 0 Å². The largest absolute Gasteiger partial charge is 0.335 e. The first-order chi connectivity index (χ1) is 15.0. The van der Waals surface area contributed by atoms with Crippen LogP contribution in [0.4, 0.5) is 14.5 Å². The van der Waals surface area contributed by atoms with E-state index in [9.17, 15) is 13.6 Å². The molecule has 1 heterocycles. The van der Waals surface area contributed by atoms with Crippen LogP contribution in [0.1, 0.15) is 10.8 Å². The number of aromatic nitrogens is 3. The summed E-state index contributed by atoms with van der Waals surface area (Å²) >= 11 is 1.12. The fourth-order valence-electron chi connectivity index (χ4n) is 2.90. The summed E-state index contributed by atoms with van der Waals surface area (Å²) in [7, 11) is 0. The van der Waals surface area contributed by atoms with Crippen LogP contribution in [-0.4, -0.2) is 20.8 Å². The lowest BCUT2D eigenvalue weighted by molar-refractivity contribution is -0.115. The van der Waals surface area contributed by atoms with Crippen molar-refractivity contribution in [2.24, 2.45) is 0 Å². The van der Waals surface area contributed by atoms with E-state index >= 15 is 0 Å². The van der Waals surface area contributed by atoms with Crippen molar-refractivity contribution in [1.82, 2.24) is 14.9 Å². The second-order valence-corrected chi connectivity index (χ2v) is 7.66. The van der Waals surface area contributed by atoms with Gasteiger partial charge in [-0.1, -0.05) is 42.1 Å². The van der Waals surface area contributed by atoms with Gasteiger partial charge in [0.1, 0.15) is 16.9 Å². The van der Waals surface area contributed by atoms with Crippen LogP contribution >= 0.6 is 11.8 Å². The van der Waals surface area contributed by atoms with Gasteiger partial charge in [0.25, 0.3) is 0 Å². The molecule has 9 heteroatoms. The van der Waals surface area contributed by atoms with E-state index in [2.05, 4.69) is 15.5 Å². The van der Waals surface area contributed by atoms with E-state index in [0.717, 1.165) is 17.3 Å². The number of hydrogen-bond acceptors (Lipinski definition) is 5. The zero-order valence-electron chi connectivity index (χ0n) is 16.1. The molecule has 1 atom stereocenters. The van der Waals surface area contributed by atoms with Gasteiger partial charge in [-0.05, 0) is 54.1 Å². The van der Waals surface area contributed by atoms with Crippen molar-refractivity contribution in [2.45, 2.75) is 10.4 Å². The summed E-state index contributed by atoms with van der Waals surface area (Å²) in [5.41, 5.74) is 1.79. The standard InChI is InChI=1S/C22H17F2N5OS/c23-16-8-6-15(7-9-16)20-27-28-22(29(20)25)31-19(14-4-2-1-3-5-14)21(30)26-18-12-10-17(24)11-13-18/h1-13,19H,25H2,(H,26,30)/t19-/m0/s1. The highest BCUT2D eigenvalue weighted by molar-refractivity contribution is 8.00. The average molecular weight is 437 g/mol. The first kappa shape index (κ1) is 20.5. The third-order valence-electron chi connectivity index (χ3n) is 4.44. The monoisotopic (exact) mass is 437 g/mol. The second kappa shape index (κ2) is 8.97. The first-order valence-electron chi connectivity index (χ1n) is 9.26. The average Bonchev–Trinajstić information content (AvgIpc) is 3.15. The number of rotatable bonds is 6. The number of halogens is 2. The fraction of sp³-hybridized carbons (Fsp3) is 0.0455. The number of nitrogen functional groups attached to an aromatic ring is 1. The summed E-state index contributed by atoms with van der Waals surface area (Å²) in [5.74, 6) is 5.42. The minimum atomic E-state index is -0.696. The molecule has 4 aromatic rings. The zero-order valence-corrected chi connectivity index (χ0v) is 16.9. The van der Waals surface area contributed by atoms with Gasteiger partial charge in [-0.25, -0.2) is 13.5 Å². The van der Waals surface area contributed by atoms with Crippen molar-refractivity contribution in [1.29, 1.82) is 0 Å². The SMILES string of the molecule is Nn1c(S[C@H](C(=O)Nc2ccc(F)cc2)c2ccccc2)nnc1-c1ccc(F)cc1. The highest BCUT2D eigenvalue weighted by Crippen LogP contribution is 2.36. The number of nitrogens with two attached hydrogens (primary N) is 1. The Balaban J connectivity index is 1.62. The van der Waals surface area contributed by atoms with E-state index in [4.69, 9.17) is 5.84 Å². The smallest absolute Gasteiger partial charge is 0.242 e. The zero-order chi connectivity index (χ0) is 21.8. The number of nitrogens with one attached hydrogen (secondary N) is 1. The molecule has 31 heavy (non-hydrogen) atoms. The molecule has 0 saturated heterocycles. The van der Waals surface area contributed by atoms with E-state index in [1.165, 1.54) is 41.1 Å². The third kappa shape index (κ3) is 4.72. The molecule has 0 fully saturated rings. The number of carbonyl (C=O) groups excluding carboxylic acids is 1. The lowest BCUT2D eigenvalue weighted by atomic mass is 10.1. The van der Waals surface area contributed by atoms with Gasteiger partial charge in [0.05, 0.1) is 0 Å². The number of anilines is 1. The molecule has 0 aliphatic heterocycles. The van der Waals surface area contributed by atoms with Gasteiger partial charge < -0.3 is 11.2 Å². The Bertz CT molecular complexity index is 1180. The number of nitrogens with zero attached hydrogens (tertiary/aromatic N) is 3. The normalized spacial score (nSPS) is 11.8. The molecule has 0 unspecified atom stereocenters. The molecular weight excluding hydrogens is 420 g/mol. The van der Waals surface area contributed by atoms with E-state index in [1.807, 2.05) is 30.3 Å². The molecule has 156 valence electrons. The molecule has 3 aromatic carbocycles. The minimum Gasteiger partial charge on any atom is -0.335 e. The van der Waals surface area contributed by atoms with Crippen LogP contribution in [-0.2, 0) is 4.79 Å². The Kier molecular flexibility index (Phi) is 5.94. The molecular formula is C22H17F2N5OS. The van der Waals surface area contributed by atoms with E-state index in [0.29, 0.717) is 22.2 Å². The Labute approximate surface area is 181 Å². The van der Waals surface area contributed by atoms with Crippen LogP contribution in [0.25, 0.3) is 11.4 Å². The molecule has 1 aromatic heterocycles. The maximum Gasteiger partial charge on any atom is 0.242 e. The molecule has 0 saturated carbocycles. The quantitative estimate of drug-likeness (QED) is 0.345. The van der Waals surface area contributed by atoms with Gasteiger partial charge in [-0.2, -0.15) is 0 Å². The number of carbonyl (C=O) groups is 1. The van der Waals surface area contributed by atoms with E-state index in [1.54, 1.807) is 12.1 Å². The van der Waals surface area contributed by atoms with E-state index < -0.39 is 11.1 Å². The molecule has 0 radical (unpaired) electrons. The van der Waals surface area contributed by atoms with Crippen molar-refractivity contribution in [2.75, 3.05) is 11.2 Å². The van der Waals surface area contributed by atoms with Crippen LogP contribution in [0, 0.1) is 11.6 Å². The number of thioether (sulfide) groups is 1. The molecule has 4 rings (SSSR count). The number of hydrogen-bond donors (Lipinski definition) is 2. The van der Waals surface area contributed by atoms with E-state index in [-0.39, 0.29) is 11.7 Å². The van der Waals surface area contributed by atoms with Crippen LogP contribution < -0.4 is 11.2 Å². The van der Waals surface area contributed by atoms with Gasteiger partial charge in [-0.3, -0.25) is 4.79 Å². The predicted octanol–water partition coefficient (Wildman–Crippen LogP) is 4.41. The van der Waals surface area contributed by atoms with Gasteiger partial charge in [-0.15, -0.1) is 10.2 Å². The van der Waals surface area contributed by atoms with Crippen LogP contribution in [0.15, 0.2) is 84.0 Å². The van der Waals surface area contributed by atoms with Crippen molar-refractivity contribution >= 4 is 23.4 Å². The molecule has 1 amide bonds. The third-order valence-corrected chi connectivity index (χ3v) is 5.65. The lowest BCUT2D eigenvalue weighted by Crippen LogP contribution is -2.20. The van der Waals surface area contributed by atoms with Crippen LogP contribution in [0.3, 0.4) is 0 Å². The topological polar surface area (TPSA) is 85.8 Å². The Morgan fingerprint density at radius 1 is 0.903 bits per heavy atom.